The monoisotopic (exact) mass is 524 g/mol. The normalized spacial score (nSPS) is 17.4. The lowest BCUT2D eigenvalue weighted by Crippen LogP contribution is -2.31. The van der Waals surface area contributed by atoms with Crippen molar-refractivity contribution >= 4 is 35.1 Å². The van der Waals surface area contributed by atoms with Crippen molar-refractivity contribution in [3.63, 3.8) is 0 Å². The maximum atomic E-state index is 10.5. The molecule has 0 amide bonds. The second kappa shape index (κ2) is 12.1. The summed E-state index contributed by atoms with van der Waals surface area (Å²) in [5, 5.41) is 29.8. The van der Waals surface area contributed by atoms with Gasteiger partial charge >= 0.3 is 0 Å². The number of likely N-dealkylation sites (N-methyl/N-ethyl adjacent to an activating group) is 1. The van der Waals surface area contributed by atoms with E-state index < -0.39 is 10.1 Å². The van der Waals surface area contributed by atoms with Crippen molar-refractivity contribution in [1.82, 2.24) is 30.0 Å². The van der Waals surface area contributed by atoms with E-state index in [4.69, 9.17) is 23.2 Å². The second-order valence-electron chi connectivity index (χ2n) is 7.47. The maximum Gasteiger partial charge on any atom is 0.274 e. The van der Waals surface area contributed by atoms with Crippen molar-refractivity contribution in [3.8, 4) is 0 Å². The van der Waals surface area contributed by atoms with Crippen LogP contribution in [0, 0.1) is 20.2 Å². The van der Waals surface area contributed by atoms with Crippen LogP contribution < -0.4 is 5.32 Å². The molecule has 0 aromatic carbocycles. The van der Waals surface area contributed by atoms with E-state index in [2.05, 4.69) is 25.5 Å². The molecule has 16 heteroatoms. The summed E-state index contributed by atoms with van der Waals surface area (Å²) in [7, 11) is 1.78. The molecule has 1 N–H and O–H groups in total. The molecular weight excluding hydrogens is 503 g/mol. The number of halogens is 2. The third-order valence-corrected chi connectivity index (χ3v) is 5.41. The molecule has 14 nitrogen and oxygen atoms in total. The summed E-state index contributed by atoms with van der Waals surface area (Å²) in [4.78, 5) is 34.1. The van der Waals surface area contributed by atoms with Crippen LogP contribution in [0.3, 0.4) is 0 Å². The first kappa shape index (κ1) is 25.8. The molecule has 0 saturated carbocycles. The molecule has 2 saturated heterocycles. The average molecular weight is 525 g/mol. The fourth-order valence-electron chi connectivity index (χ4n) is 3.37. The molecule has 4 heterocycles. The highest BCUT2D eigenvalue weighted by Crippen LogP contribution is 2.13. The Morgan fingerprint density at radius 1 is 0.914 bits per heavy atom. The number of guanidine groups is 2. The number of hydrogen-bond donors (Lipinski definition) is 1. The number of rotatable bonds is 6. The van der Waals surface area contributed by atoms with Crippen molar-refractivity contribution < 1.29 is 10.1 Å². The van der Waals surface area contributed by atoms with Gasteiger partial charge in [0.2, 0.25) is 0 Å². The van der Waals surface area contributed by atoms with Gasteiger partial charge in [-0.25, -0.2) is 30.2 Å². The zero-order valence-electron chi connectivity index (χ0n) is 18.6. The quantitative estimate of drug-likeness (QED) is 0.334. The van der Waals surface area contributed by atoms with Crippen molar-refractivity contribution in [2.75, 3.05) is 33.2 Å². The third-order valence-electron chi connectivity index (χ3n) is 4.97. The fourth-order valence-corrected chi connectivity index (χ4v) is 3.59. The lowest BCUT2D eigenvalue weighted by Gasteiger charge is -2.17. The summed E-state index contributed by atoms with van der Waals surface area (Å²) in [6, 6.07) is 7.06. The number of pyridine rings is 2. The van der Waals surface area contributed by atoms with E-state index in [1.54, 1.807) is 41.4 Å². The van der Waals surface area contributed by atoms with Crippen LogP contribution in [-0.4, -0.2) is 79.9 Å². The Hall–Kier alpha value is -3.78. The first-order chi connectivity index (χ1) is 16.7. The Balaban J connectivity index is 0.000000196. The standard InChI is InChI=1S/C10H12ClN5O2.C9H10ClN5O2/c1-14-4-5-15(10(14)13-16(17)18)7-8-2-3-9(11)12-6-8;10-8-2-1-7(5-12-8)6-14-4-3-11-9(14)13-15(16)17/h2-3,6H,4-5,7H2,1H3;1-2,5H,3-4,6H2,(H,11,13)/b13-10-;. The molecule has 0 spiro atoms. The lowest BCUT2D eigenvalue weighted by molar-refractivity contribution is -0.486. The van der Waals surface area contributed by atoms with Crippen molar-refractivity contribution in [2.45, 2.75) is 13.1 Å². The largest absolute Gasteiger partial charge is 0.349 e. The molecule has 2 aromatic rings. The van der Waals surface area contributed by atoms with Crippen molar-refractivity contribution in [1.29, 1.82) is 0 Å². The van der Waals surface area contributed by atoms with E-state index in [-0.39, 0.29) is 5.96 Å². The Kier molecular flexibility index (Phi) is 8.92. The van der Waals surface area contributed by atoms with E-state index in [9.17, 15) is 20.2 Å². The van der Waals surface area contributed by atoms with Gasteiger partial charge < -0.3 is 20.0 Å². The lowest BCUT2D eigenvalue weighted by atomic mass is 10.3. The van der Waals surface area contributed by atoms with Crippen LogP contribution in [0.1, 0.15) is 11.1 Å². The highest BCUT2D eigenvalue weighted by atomic mass is 35.5. The van der Waals surface area contributed by atoms with Gasteiger partial charge in [0.05, 0.1) is 0 Å². The minimum Gasteiger partial charge on any atom is -0.349 e. The van der Waals surface area contributed by atoms with Crippen LogP contribution in [0.5, 0.6) is 0 Å². The molecule has 0 aliphatic carbocycles. The first-order valence-electron chi connectivity index (χ1n) is 10.3. The van der Waals surface area contributed by atoms with Crippen molar-refractivity contribution in [2.24, 2.45) is 10.2 Å². The van der Waals surface area contributed by atoms with Gasteiger partial charge in [0.1, 0.15) is 20.5 Å². The highest BCUT2D eigenvalue weighted by Gasteiger charge is 2.27. The molecule has 2 aliphatic rings. The average Bonchev–Trinajstić information content (AvgIpc) is 3.38. The molecular formula is C19H22Cl2N10O4. The van der Waals surface area contributed by atoms with Gasteiger partial charge in [0.25, 0.3) is 11.9 Å². The SMILES string of the molecule is CN1CCN(Cc2ccc(Cl)nc2)/C1=N\[N+](=O)[O-].O=[N+]([O-])/N=C1/NCCN1Cc1ccc(Cl)nc1. The number of nitrogens with one attached hydrogen (secondary N) is 1. The second-order valence-corrected chi connectivity index (χ2v) is 8.24. The molecule has 2 fully saturated rings. The van der Waals surface area contributed by atoms with Gasteiger partial charge in [-0.1, -0.05) is 35.3 Å². The maximum absolute atomic E-state index is 10.5. The van der Waals surface area contributed by atoms with Gasteiger partial charge in [-0.05, 0) is 23.3 Å². The van der Waals surface area contributed by atoms with Crippen LogP contribution in [-0.2, 0) is 13.1 Å². The molecule has 0 atom stereocenters. The molecule has 35 heavy (non-hydrogen) atoms. The van der Waals surface area contributed by atoms with Crippen LogP contribution in [0.2, 0.25) is 10.3 Å². The summed E-state index contributed by atoms with van der Waals surface area (Å²) in [6.07, 6.45) is 3.30. The summed E-state index contributed by atoms with van der Waals surface area (Å²) >= 11 is 11.4. The van der Waals surface area contributed by atoms with Crippen molar-refractivity contribution in [3.05, 3.63) is 78.3 Å². The predicted octanol–water partition coefficient (Wildman–Crippen LogP) is 1.72. The van der Waals surface area contributed by atoms with E-state index in [0.29, 0.717) is 55.5 Å². The minimum atomic E-state index is -0.708. The number of aromatic nitrogens is 2. The number of nitro groups is 2. The summed E-state index contributed by atoms with van der Waals surface area (Å²) < 4.78 is 0. The van der Waals surface area contributed by atoms with E-state index >= 15 is 0 Å². The van der Waals surface area contributed by atoms with Gasteiger partial charge in [0, 0.05) is 58.7 Å². The Labute approximate surface area is 210 Å². The zero-order valence-corrected chi connectivity index (χ0v) is 20.1. The van der Waals surface area contributed by atoms with Gasteiger partial charge in [0.15, 0.2) is 10.1 Å². The Bertz CT molecular complexity index is 1100. The Morgan fingerprint density at radius 3 is 2.00 bits per heavy atom. The van der Waals surface area contributed by atoms with E-state index in [1.165, 1.54) is 0 Å². The first-order valence-corrected chi connectivity index (χ1v) is 11.1. The zero-order chi connectivity index (χ0) is 25.4. The van der Waals surface area contributed by atoms with Crippen LogP contribution in [0.4, 0.5) is 0 Å². The minimum absolute atomic E-state index is 0.282. The number of nitrogens with zero attached hydrogens (tertiary/aromatic N) is 9. The predicted molar refractivity (Wildman–Crippen MR) is 129 cm³/mol. The molecule has 4 rings (SSSR count). The van der Waals surface area contributed by atoms with E-state index in [1.807, 2.05) is 17.0 Å². The highest BCUT2D eigenvalue weighted by molar-refractivity contribution is 6.29. The molecule has 2 aromatic heterocycles. The molecule has 0 bridgehead atoms. The van der Waals surface area contributed by atoms with Gasteiger partial charge in [-0.2, -0.15) is 0 Å². The molecule has 0 unspecified atom stereocenters. The number of hydrogen-bond acceptors (Lipinski definition) is 6. The van der Waals surface area contributed by atoms with Gasteiger partial charge in [-0.15, -0.1) is 0 Å². The third kappa shape index (κ3) is 7.89. The van der Waals surface area contributed by atoms with Gasteiger partial charge in [-0.3, -0.25) is 0 Å². The van der Waals surface area contributed by atoms with Crippen LogP contribution in [0.15, 0.2) is 46.9 Å². The summed E-state index contributed by atoms with van der Waals surface area (Å²) in [5.74, 6) is 0.653. The van der Waals surface area contributed by atoms with Crippen LogP contribution in [0.25, 0.3) is 0 Å². The summed E-state index contributed by atoms with van der Waals surface area (Å²) in [6.45, 7) is 3.79. The Morgan fingerprint density at radius 2 is 1.49 bits per heavy atom. The van der Waals surface area contributed by atoms with E-state index in [0.717, 1.165) is 11.1 Å². The van der Waals surface area contributed by atoms with Crippen LogP contribution >= 0.6 is 23.2 Å². The topological polar surface area (TPSA) is 159 Å². The molecule has 2 aliphatic heterocycles. The molecule has 186 valence electrons. The molecule has 0 radical (unpaired) electrons. The summed E-state index contributed by atoms with van der Waals surface area (Å²) in [5.41, 5.74) is 1.86. The fraction of sp³-hybridized carbons (Fsp3) is 0.368. The number of hydrazone groups is 2. The smallest absolute Gasteiger partial charge is 0.274 e.